The van der Waals surface area contributed by atoms with Crippen molar-refractivity contribution >= 4 is 21.4 Å². The summed E-state index contributed by atoms with van der Waals surface area (Å²) < 4.78 is 31.6. The van der Waals surface area contributed by atoms with Crippen molar-refractivity contribution < 1.29 is 13.2 Å². The van der Waals surface area contributed by atoms with Crippen molar-refractivity contribution in [3.05, 3.63) is 0 Å². The van der Waals surface area contributed by atoms with E-state index < -0.39 is 14.5 Å². The molecular weight excluding hydrogens is 452 g/mol. The molecule has 1 spiro atoms. The van der Waals surface area contributed by atoms with E-state index in [9.17, 15) is 8.42 Å². The van der Waals surface area contributed by atoms with E-state index in [-0.39, 0.29) is 17.1 Å². The lowest BCUT2D eigenvalue weighted by atomic mass is 9.45. The standard InChI is InChI=1S/C28H47ClO3S/c1-17(2)13-25(29)33(30,31)16-18(3)21-7-8-22-20-14-24(32-6)28-15-19(28)9-12-27(28,5)23(20)10-11-26(21,22)4/h17-25H,7-16H2,1-6H3/t18-,19+,20+,21-,22+,23+,24-,25?,26-,27-,28+/m1/s1. The summed E-state index contributed by atoms with van der Waals surface area (Å²) in [4.78, 5) is 0. The summed E-state index contributed by atoms with van der Waals surface area (Å²) in [5.74, 6) is 4.44. The van der Waals surface area contributed by atoms with E-state index in [0.717, 1.165) is 23.7 Å². The van der Waals surface area contributed by atoms with Gasteiger partial charge in [-0.2, -0.15) is 0 Å². The van der Waals surface area contributed by atoms with Gasteiger partial charge in [-0.05, 0) is 110 Å². The average molecular weight is 499 g/mol. The number of hydrogen-bond acceptors (Lipinski definition) is 3. The molecule has 0 amide bonds. The van der Waals surface area contributed by atoms with E-state index in [0.29, 0.717) is 35.2 Å². The van der Waals surface area contributed by atoms with Crippen LogP contribution < -0.4 is 0 Å². The van der Waals surface area contributed by atoms with E-state index in [4.69, 9.17) is 16.3 Å². The number of hydrogen-bond donors (Lipinski definition) is 0. The molecule has 0 heterocycles. The fourth-order valence-electron chi connectivity index (χ4n) is 10.7. The predicted molar refractivity (Wildman–Crippen MR) is 136 cm³/mol. The maximum absolute atomic E-state index is 13.1. The van der Waals surface area contributed by atoms with Gasteiger partial charge < -0.3 is 4.74 Å². The Morgan fingerprint density at radius 2 is 1.76 bits per heavy atom. The largest absolute Gasteiger partial charge is 0.381 e. The number of rotatable bonds is 7. The molecule has 0 radical (unpaired) electrons. The molecular formula is C28H47ClO3S. The fraction of sp³-hybridized carbons (Fsp3) is 1.00. The third-order valence-electron chi connectivity index (χ3n) is 12.1. The summed E-state index contributed by atoms with van der Waals surface area (Å²) in [6.07, 6.45) is 11.5. The van der Waals surface area contributed by atoms with Gasteiger partial charge in [0.05, 0.1) is 11.9 Å². The summed E-state index contributed by atoms with van der Waals surface area (Å²) in [5, 5.41) is 0. The molecule has 3 nitrogen and oxygen atoms in total. The van der Waals surface area contributed by atoms with Crippen LogP contribution in [-0.4, -0.2) is 32.1 Å². The van der Waals surface area contributed by atoms with Gasteiger partial charge in [0.25, 0.3) is 0 Å². The highest BCUT2D eigenvalue weighted by atomic mass is 35.5. The zero-order chi connectivity index (χ0) is 24.0. The molecule has 5 rings (SSSR count). The molecule has 0 aromatic rings. The van der Waals surface area contributed by atoms with Gasteiger partial charge in [-0.3, -0.25) is 0 Å². The molecule has 5 aliphatic carbocycles. The topological polar surface area (TPSA) is 43.4 Å². The summed E-state index contributed by atoms with van der Waals surface area (Å²) in [6, 6.07) is 0. The molecule has 5 fully saturated rings. The van der Waals surface area contributed by atoms with Crippen LogP contribution in [0.3, 0.4) is 0 Å². The Kier molecular flexibility index (Phi) is 6.11. The zero-order valence-electron chi connectivity index (χ0n) is 21.8. The molecule has 1 unspecified atom stereocenters. The first-order valence-electron chi connectivity index (χ1n) is 13.8. The second kappa shape index (κ2) is 8.10. The molecule has 0 N–H and O–H groups in total. The monoisotopic (exact) mass is 498 g/mol. The predicted octanol–water partition coefficient (Wildman–Crippen LogP) is 6.93. The lowest BCUT2D eigenvalue weighted by Crippen LogP contribution is -2.57. The lowest BCUT2D eigenvalue weighted by molar-refractivity contribution is -0.160. The highest BCUT2D eigenvalue weighted by Crippen LogP contribution is 2.82. The number of alkyl halides is 1. The van der Waals surface area contributed by atoms with Crippen molar-refractivity contribution in [1.82, 2.24) is 0 Å². The Labute approximate surface area is 208 Å². The van der Waals surface area contributed by atoms with Gasteiger partial charge in [0.1, 0.15) is 4.71 Å². The first kappa shape index (κ1) is 24.9. The molecule has 0 aliphatic heterocycles. The molecule has 11 atom stereocenters. The van der Waals surface area contributed by atoms with Crippen molar-refractivity contribution in [3.8, 4) is 0 Å². The first-order chi connectivity index (χ1) is 15.4. The molecule has 0 aromatic heterocycles. The molecule has 5 saturated carbocycles. The van der Waals surface area contributed by atoms with Crippen LogP contribution in [0.15, 0.2) is 0 Å². The molecule has 33 heavy (non-hydrogen) atoms. The van der Waals surface area contributed by atoms with Crippen LogP contribution in [-0.2, 0) is 14.6 Å². The minimum absolute atomic E-state index is 0.179. The van der Waals surface area contributed by atoms with Crippen molar-refractivity contribution in [2.45, 2.75) is 103 Å². The summed E-state index contributed by atoms with van der Waals surface area (Å²) in [7, 11) is -1.31. The number of methoxy groups -OCH3 is 1. The van der Waals surface area contributed by atoms with Gasteiger partial charge in [-0.1, -0.05) is 34.6 Å². The SMILES string of the molecule is CO[C@@H]1C[C@H]2[C@@H]3CC[C@H]([C@H](C)CS(=O)(=O)C(Cl)CC(C)C)[C@@]3(C)CC[C@@H]2[C@@]2(C)CC[C@H]3C[C@]312. The van der Waals surface area contributed by atoms with Crippen molar-refractivity contribution in [1.29, 1.82) is 0 Å². The Hall–Kier alpha value is 0.200. The third kappa shape index (κ3) is 3.45. The normalized spacial score (nSPS) is 50.3. The van der Waals surface area contributed by atoms with Gasteiger partial charge >= 0.3 is 0 Å². The molecule has 5 aliphatic rings. The lowest BCUT2D eigenvalue weighted by Gasteiger charge is -2.61. The minimum Gasteiger partial charge on any atom is -0.381 e. The molecule has 0 bridgehead atoms. The number of ether oxygens (including phenoxy) is 1. The summed E-state index contributed by atoms with van der Waals surface area (Å²) in [6.45, 7) is 11.4. The van der Waals surface area contributed by atoms with Crippen LogP contribution in [0.5, 0.6) is 0 Å². The van der Waals surface area contributed by atoms with Crippen LogP contribution in [0.25, 0.3) is 0 Å². The smallest absolute Gasteiger partial charge is 0.167 e. The second-order valence-corrected chi connectivity index (χ2v) is 16.8. The highest BCUT2D eigenvalue weighted by molar-refractivity contribution is 7.93. The van der Waals surface area contributed by atoms with Gasteiger partial charge in [0.2, 0.25) is 0 Å². The van der Waals surface area contributed by atoms with Crippen molar-refractivity contribution in [2.75, 3.05) is 12.9 Å². The quantitative estimate of drug-likeness (QED) is 0.357. The number of sulfone groups is 1. The van der Waals surface area contributed by atoms with Crippen molar-refractivity contribution in [2.24, 2.45) is 57.7 Å². The average Bonchev–Trinajstić information content (AvgIpc) is 3.23. The van der Waals surface area contributed by atoms with E-state index >= 15 is 0 Å². The van der Waals surface area contributed by atoms with E-state index in [2.05, 4.69) is 20.8 Å². The maximum Gasteiger partial charge on any atom is 0.167 e. The summed E-state index contributed by atoms with van der Waals surface area (Å²) >= 11 is 6.40. The Balaban J connectivity index is 1.35. The number of halogens is 1. The molecule has 5 heteroatoms. The van der Waals surface area contributed by atoms with E-state index in [1.165, 1.54) is 51.4 Å². The van der Waals surface area contributed by atoms with Crippen LogP contribution >= 0.6 is 11.6 Å². The molecule has 0 aromatic carbocycles. The van der Waals surface area contributed by atoms with E-state index in [1.54, 1.807) is 0 Å². The second-order valence-electron chi connectivity index (χ2n) is 13.8. The highest BCUT2D eigenvalue weighted by Gasteiger charge is 2.77. The van der Waals surface area contributed by atoms with E-state index in [1.807, 2.05) is 21.0 Å². The summed E-state index contributed by atoms with van der Waals surface area (Å²) in [5.41, 5.74) is 1.19. The number of fused-ring (bicyclic) bond motifs is 4. The third-order valence-corrected chi connectivity index (χ3v) is 15.1. The van der Waals surface area contributed by atoms with Crippen LogP contribution in [0, 0.1) is 57.7 Å². The minimum atomic E-state index is -3.27. The fourth-order valence-corrected chi connectivity index (χ4v) is 13.1. The zero-order valence-corrected chi connectivity index (χ0v) is 23.4. The van der Waals surface area contributed by atoms with Gasteiger partial charge in [0.15, 0.2) is 9.84 Å². The Morgan fingerprint density at radius 3 is 2.39 bits per heavy atom. The van der Waals surface area contributed by atoms with Gasteiger partial charge in [0, 0.05) is 12.5 Å². The van der Waals surface area contributed by atoms with Gasteiger partial charge in [-0.25, -0.2) is 8.42 Å². The molecule has 190 valence electrons. The Morgan fingerprint density at radius 1 is 1.03 bits per heavy atom. The van der Waals surface area contributed by atoms with Crippen LogP contribution in [0.1, 0.15) is 92.4 Å². The van der Waals surface area contributed by atoms with Crippen molar-refractivity contribution in [3.63, 3.8) is 0 Å². The van der Waals surface area contributed by atoms with Crippen LogP contribution in [0.2, 0.25) is 0 Å². The van der Waals surface area contributed by atoms with Crippen LogP contribution in [0.4, 0.5) is 0 Å². The maximum atomic E-state index is 13.1. The molecule has 0 saturated heterocycles. The Bertz CT molecular complexity index is 872. The first-order valence-corrected chi connectivity index (χ1v) is 15.9. The van der Waals surface area contributed by atoms with Gasteiger partial charge in [-0.15, -0.1) is 11.6 Å².